The summed E-state index contributed by atoms with van der Waals surface area (Å²) in [4.78, 5) is 25.9. The molecular weight excluding hydrogens is 427 g/mol. The fraction of sp³-hybridized carbons (Fsp3) is 0.227. The summed E-state index contributed by atoms with van der Waals surface area (Å²) in [5, 5.41) is 22.7. The number of nitrogens with one attached hydrogen (secondary N) is 1. The smallest absolute Gasteiger partial charge is 0.416 e. The predicted octanol–water partition coefficient (Wildman–Crippen LogP) is 3.33. The molecule has 0 spiro atoms. The Morgan fingerprint density at radius 2 is 1.97 bits per heavy atom. The summed E-state index contributed by atoms with van der Waals surface area (Å²) in [7, 11) is 0. The highest BCUT2D eigenvalue weighted by molar-refractivity contribution is 6.04. The quantitative estimate of drug-likeness (QED) is 0.646. The van der Waals surface area contributed by atoms with Gasteiger partial charge in [-0.2, -0.15) is 18.4 Å². The maximum Gasteiger partial charge on any atom is 0.416 e. The Morgan fingerprint density at radius 1 is 1.28 bits per heavy atom. The number of ether oxygens (including phenoxy) is 1. The number of aromatic hydroxyl groups is 1. The number of hydrogen-bond donors (Lipinski definition) is 2. The van der Waals surface area contributed by atoms with E-state index in [1.54, 1.807) is 6.92 Å². The third-order valence-electron chi connectivity index (χ3n) is 5.30. The fourth-order valence-electron chi connectivity index (χ4n) is 3.82. The maximum atomic E-state index is 13.4. The van der Waals surface area contributed by atoms with Crippen molar-refractivity contribution in [2.45, 2.75) is 19.1 Å². The minimum absolute atomic E-state index is 0.0583. The van der Waals surface area contributed by atoms with Crippen molar-refractivity contribution in [3.63, 3.8) is 0 Å². The topological polar surface area (TPSA) is 104 Å². The van der Waals surface area contributed by atoms with Crippen LogP contribution in [0, 0.1) is 11.3 Å². The number of pyridine rings is 1. The monoisotopic (exact) mass is 443 g/mol. The lowest BCUT2D eigenvalue weighted by Crippen LogP contribution is -2.38. The van der Waals surface area contributed by atoms with Crippen LogP contribution in [0.15, 0.2) is 41.2 Å². The molecule has 2 N–H and O–H groups in total. The average Bonchev–Trinajstić information content (AvgIpc) is 2.76. The second-order valence-electron chi connectivity index (χ2n) is 7.16. The van der Waals surface area contributed by atoms with Crippen LogP contribution in [0.5, 0.6) is 11.5 Å². The van der Waals surface area contributed by atoms with E-state index in [9.17, 15) is 33.1 Å². The van der Waals surface area contributed by atoms with Crippen LogP contribution in [0.3, 0.4) is 0 Å². The van der Waals surface area contributed by atoms with Crippen molar-refractivity contribution >= 4 is 16.8 Å². The third-order valence-corrected chi connectivity index (χ3v) is 5.30. The van der Waals surface area contributed by atoms with Crippen LogP contribution in [-0.4, -0.2) is 28.7 Å². The lowest BCUT2D eigenvalue weighted by molar-refractivity contribution is -0.137. The molecule has 10 heteroatoms. The second kappa shape index (κ2) is 7.60. The normalized spacial score (nSPS) is 15.2. The van der Waals surface area contributed by atoms with Crippen LogP contribution in [0.2, 0.25) is 0 Å². The van der Waals surface area contributed by atoms with E-state index in [0.717, 1.165) is 12.1 Å². The molecule has 0 fully saturated rings. The largest absolute Gasteiger partial charge is 0.506 e. The lowest BCUT2D eigenvalue weighted by atomic mass is 9.99. The van der Waals surface area contributed by atoms with Gasteiger partial charge >= 0.3 is 6.18 Å². The number of amides is 1. The maximum absolute atomic E-state index is 13.4. The van der Waals surface area contributed by atoms with Crippen molar-refractivity contribution in [1.29, 1.82) is 5.26 Å². The van der Waals surface area contributed by atoms with Crippen molar-refractivity contribution in [2.24, 2.45) is 0 Å². The molecule has 2 aromatic carbocycles. The van der Waals surface area contributed by atoms with Gasteiger partial charge in [-0.25, -0.2) is 0 Å². The molecule has 32 heavy (non-hydrogen) atoms. The van der Waals surface area contributed by atoms with E-state index in [0.29, 0.717) is 5.56 Å². The summed E-state index contributed by atoms with van der Waals surface area (Å²) in [6.07, 6.45) is -4.52. The number of alkyl halides is 3. The molecule has 1 amide bonds. The zero-order valence-electron chi connectivity index (χ0n) is 16.7. The van der Waals surface area contributed by atoms with Crippen LogP contribution in [0.1, 0.15) is 40.0 Å². The van der Waals surface area contributed by atoms with Crippen molar-refractivity contribution in [3.05, 3.63) is 69.0 Å². The molecule has 7 nitrogen and oxygen atoms in total. The van der Waals surface area contributed by atoms with Crippen molar-refractivity contribution in [1.82, 2.24) is 9.88 Å². The Kier molecular flexibility index (Phi) is 5.05. The predicted molar refractivity (Wildman–Crippen MR) is 108 cm³/mol. The van der Waals surface area contributed by atoms with E-state index in [-0.39, 0.29) is 35.4 Å². The molecule has 0 radical (unpaired) electrons. The summed E-state index contributed by atoms with van der Waals surface area (Å²) < 4.78 is 45.8. The van der Waals surface area contributed by atoms with Gasteiger partial charge in [-0.15, -0.1) is 0 Å². The van der Waals surface area contributed by atoms with Crippen molar-refractivity contribution in [2.75, 3.05) is 13.2 Å². The van der Waals surface area contributed by atoms with Crippen LogP contribution in [0.25, 0.3) is 10.9 Å². The summed E-state index contributed by atoms with van der Waals surface area (Å²) in [6.45, 7) is 1.69. The van der Waals surface area contributed by atoms with E-state index in [2.05, 4.69) is 5.32 Å². The highest BCUT2D eigenvalue weighted by Crippen LogP contribution is 2.41. The first-order valence-corrected chi connectivity index (χ1v) is 9.61. The number of carbonyl (C=O) groups is 1. The molecule has 1 aromatic heterocycles. The molecule has 0 bridgehead atoms. The van der Waals surface area contributed by atoms with E-state index in [1.807, 2.05) is 6.07 Å². The van der Waals surface area contributed by atoms with Gasteiger partial charge in [0.1, 0.15) is 24.0 Å². The number of benzene rings is 2. The molecule has 0 aliphatic carbocycles. The Hall–Kier alpha value is -4.00. The van der Waals surface area contributed by atoms with Gasteiger partial charge in [0.05, 0.1) is 22.7 Å². The zero-order chi connectivity index (χ0) is 23.2. The molecule has 4 rings (SSSR count). The van der Waals surface area contributed by atoms with Gasteiger partial charge < -0.3 is 15.2 Å². The molecule has 164 valence electrons. The Bertz CT molecular complexity index is 1340. The first kappa shape index (κ1) is 21.2. The summed E-state index contributed by atoms with van der Waals surface area (Å²) in [6, 6.07) is 8.09. The Morgan fingerprint density at radius 3 is 2.56 bits per heavy atom. The van der Waals surface area contributed by atoms with E-state index >= 15 is 0 Å². The number of halogens is 3. The number of carbonyl (C=O) groups excluding carboxylic acids is 1. The molecule has 0 saturated heterocycles. The van der Waals surface area contributed by atoms with Crippen LogP contribution >= 0.6 is 0 Å². The number of aromatic nitrogens is 1. The number of nitriles is 1. The Balaban J connectivity index is 2.02. The first-order valence-electron chi connectivity index (χ1n) is 9.61. The molecule has 0 saturated carbocycles. The van der Waals surface area contributed by atoms with Crippen LogP contribution < -0.4 is 15.6 Å². The molecular formula is C22H16F3N3O4. The molecule has 1 unspecified atom stereocenters. The van der Waals surface area contributed by atoms with Crippen LogP contribution in [0.4, 0.5) is 13.2 Å². The van der Waals surface area contributed by atoms with Gasteiger partial charge in [-0.05, 0) is 36.8 Å². The highest BCUT2D eigenvalue weighted by atomic mass is 19.4. The average molecular weight is 443 g/mol. The SMILES string of the molecule is CCNC(=O)c1c(O)c2ccc(C#N)c3c2n(c1=O)C(c1ccc(C(F)(F)F)cc1)CO3. The summed E-state index contributed by atoms with van der Waals surface area (Å²) in [5.41, 5.74) is -1.64. The molecule has 1 aliphatic heterocycles. The number of hydrogen-bond acceptors (Lipinski definition) is 5. The number of rotatable bonds is 3. The molecule has 1 aliphatic rings. The van der Waals surface area contributed by atoms with Gasteiger partial charge in [-0.3, -0.25) is 14.2 Å². The fourth-order valence-corrected chi connectivity index (χ4v) is 3.82. The zero-order valence-corrected chi connectivity index (χ0v) is 16.7. The second-order valence-corrected chi connectivity index (χ2v) is 7.16. The lowest BCUT2D eigenvalue weighted by Gasteiger charge is -2.30. The number of nitrogens with zero attached hydrogens (tertiary/aromatic N) is 2. The van der Waals surface area contributed by atoms with Crippen molar-refractivity contribution in [3.8, 4) is 17.6 Å². The molecule has 3 aromatic rings. The minimum atomic E-state index is -4.52. The van der Waals surface area contributed by atoms with E-state index < -0.39 is 40.6 Å². The van der Waals surface area contributed by atoms with Gasteiger partial charge in [-0.1, -0.05) is 12.1 Å². The van der Waals surface area contributed by atoms with Crippen LogP contribution in [-0.2, 0) is 6.18 Å². The standard InChI is InChI=1S/C22H16F3N3O4/c1-2-27-20(30)16-18(29)14-8-5-12(9-26)19-17(14)28(21(16)31)15(10-32-19)11-3-6-13(7-4-11)22(23,24)25/h3-8,15,29H,2,10H2,1H3,(H,27,30). The van der Waals surface area contributed by atoms with Gasteiger partial charge in [0, 0.05) is 11.9 Å². The van der Waals surface area contributed by atoms with Gasteiger partial charge in [0.2, 0.25) is 0 Å². The molecule has 1 atom stereocenters. The van der Waals surface area contributed by atoms with Crippen molar-refractivity contribution < 1.29 is 27.8 Å². The van der Waals surface area contributed by atoms with E-state index in [1.165, 1.54) is 28.8 Å². The Labute approximate surface area is 179 Å². The highest BCUT2D eigenvalue weighted by Gasteiger charge is 2.34. The molecule has 2 heterocycles. The van der Waals surface area contributed by atoms with Gasteiger partial charge in [0.15, 0.2) is 5.75 Å². The van der Waals surface area contributed by atoms with Gasteiger partial charge in [0.25, 0.3) is 11.5 Å². The first-order chi connectivity index (χ1) is 15.2. The summed E-state index contributed by atoms with van der Waals surface area (Å²) in [5.74, 6) is -1.29. The summed E-state index contributed by atoms with van der Waals surface area (Å²) >= 11 is 0. The third kappa shape index (κ3) is 3.22. The van der Waals surface area contributed by atoms with E-state index in [4.69, 9.17) is 4.74 Å². The minimum Gasteiger partial charge on any atom is -0.506 e.